The fraction of sp³-hybridized carbons (Fsp3) is 0.0435. The first-order valence-electron chi connectivity index (χ1n) is 24.9. The lowest BCUT2D eigenvalue weighted by atomic mass is 9.82. The van der Waals surface area contributed by atoms with Crippen molar-refractivity contribution in [3.8, 4) is 44.9 Å². The Kier molecular flexibility index (Phi) is 8.91. The maximum atomic E-state index is 6.84. The molecule has 338 valence electrons. The van der Waals surface area contributed by atoms with Gasteiger partial charge in [-0.05, 0) is 154 Å². The standard InChI is InChI=1S/C69H45NOS/c1-69(2)63-28-14-11-25-54(63)55-35-32-44(39-64(55)69)70(43-33-36-66-61(38-43)52-24-10-8-22-50(52)56-26-12-15-29-65(56)71-66)42-31-34-53-49-21-6-5-19-47(49)45-17-3-4-18-46(45)48-20-7-9-23-51(48)59-40-62-57-27-13-16-30-67(57)72-68(62)41-60(59)58(53)37-42/h3-41H,1-2H3. The molecule has 12 aromatic carbocycles. The van der Waals surface area contributed by atoms with Gasteiger partial charge in [-0.3, -0.25) is 0 Å². The molecule has 2 nitrogen and oxygen atoms in total. The Labute approximate surface area is 421 Å². The second-order valence-electron chi connectivity index (χ2n) is 19.9. The lowest BCUT2D eigenvalue weighted by Gasteiger charge is -2.29. The highest BCUT2D eigenvalue weighted by Crippen LogP contribution is 2.53. The molecular formula is C69H45NOS. The van der Waals surface area contributed by atoms with Crippen LogP contribution in [-0.2, 0) is 5.41 Å². The highest BCUT2D eigenvalue weighted by molar-refractivity contribution is 7.25. The molecule has 0 saturated carbocycles. The second kappa shape index (κ2) is 15.6. The summed E-state index contributed by atoms with van der Waals surface area (Å²) < 4.78 is 9.41. The molecule has 1 aliphatic heterocycles. The maximum absolute atomic E-state index is 6.84. The largest absolute Gasteiger partial charge is 0.456 e. The molecule has 0 saturated heterocycles. The molecule has 72 heavy (non-hydrogen) atoms. The van der Waals surface area contributed by atoms with Gasteiger partial charge in [-0.15, -0.1) is 11.3 Å². The molecule has 15 rings (SSSR count). The predicted molar refractivity (Wildman–Crippen MR) is 308 cm³/mol. The van der Waals surface area contributed by atoms with Crippen LogP contribution in [0.1, 0.15) is 25.0 Å². The van der Waals surface area contributed by atoms with Crippen LogP contribution in [0.15, 0.2) is 237 Å². The van der Waals surface area contributed by atoms with Crippen LogP contribution in [0.2, 0.25) is 0 Å². The van der Waals surface area contributed by atoms with Crippen molar-refractivity contribution in [1.29, 1.82) is 0 Å². The molecule has 2 aliphatic rings. The fourth-order valence-corrected chi connectivity index (χ4v) is 13.4. The summed E-state index contributed by atoms with van der Waals surface area (Å²) in [5.74, 6) is 1.70. The van der Waals surface area contributed by atoms with E-state index in [1.165, 1.54) is 96.3 Å². The van der Waals surface area contributed by atoms with Crippen LogP contribution in [0.25, 0.3) is 107 Å². The number of anilines is 3. The quantitative estimate of drug-likeness (QED) is 0.175. The highest BCUT2D eigenvalue weighted by atomic mass is 32.1. The summed E-state index contributed by atoms with van der Waals surface area (Å²) >= 11 is 1.88. The number of thiophene rings is 1. The van der Waals surface area contributed by atoms with Gasteiger partial charge in [-0.1, -0.05) is 184 Å². The van der Waals surface area contributed by atoms with Crippen molar-refractivity contribution >= 4 is 102 Å². The summed E-state index contributed by atoms with van der Waals surface area (Å²) in [5, 5.41) is 14.7. The van der Waals surface area contributed by atoms with Crippen molar-refractivity contribution in [1.82, 2.24) is 0 Å². The lowest BCUT2D eigenvalue weighted by molar-refractivity contribution is 0.488. The lowest BCUT2D eigenvalue weighted by Crippen LogP contribution is -2.16. The number of rotatable bonds is 3. The van der Waals surface area contributed by atoms with Gasteiger partial charge in [0.2, 0.25) is 0 Å². The van der Waals surface area contributed by atoms with E-state index in [0.29, 0.717) is 0 Å². The molecule has 0 N–H and O–H groups in total. The van der Waals surface area contributed by atoms with E-state index in [9.17, 15) is 0 Å². The van der Waals surface area contributed by atoms with Gasteiger partial charge < -0.3 is 9.64 Å². The third-order valence-electron chi connectivity index (χ3n) is 15.7. The summed E-state index contributed by atoms with van der Waals surface area (Å²) in [5.41, 5.74) is 12.8. The Hall–Kier alpha value is -8.76. The Morgan fingerprint density at radius 3 is 1.46 bits per heavy atom. The molecule has 0 unspecified atom stereocenters. The van der Waals surface area contributed by atoms with Crippen LogP contribution < -0.4 is 9.64 Å². The normalized spacial score (nSPS) is 13.1. The van der Waals surface area contributed by atoms with Gasteiger partial charge in [0.1, 0.15) is 11.5 Å². The van der Waals surface area contributed by atoms with Crippen LogP contribution in [0.5, 0.6) is 11.5 Å². The first kappa shape index (κ1) is 41.1. The van der Waals surface area contributed by atoms with E-state index in [-0.39, 0.29) is 5.41 Å². The van der Waals surface area contributed by atoms with Crippen molar-refractivity contribution in [2.24, 2.45) is 0 Å². The molecule has 1 aliphatic carbocycles. The Morgan fingerprint density at radius 2 is 0.750 bits per heavy atom. The topological polar surface area (TPSA) is 12.5 Å². The summed E-state index contributed by atoms with van der Waals surface area (Å²) in [4.78, 5) is 2.48. The number of para-hydroxylation sites is 1. The number of nitrogens with zero attached hydrogens (tertiary/aromatic N) is 1. The first-order valence-corrected chi connectivity index (χ1v) is 25.7. The van der Waals surface area contributed by atoms with Gasteiger partial charge in [0.25, 0.3) is 0 Å². The summed E-state index contributed by atoms with van der Waals surface area (Å²) in [6.45, 7) is 4.74. The zero-order valence-electron chi connectivity index (χ0n) is 39.8. The SMILES string of the molecule is CC1(C)c2ccccc2-c2ccc(N(c3ccc4c(c3)-c3ccccc3-c3ccccc3O4)c3ccc4c5ccccc5c5ccccc5c5ccccc5c5cc6c(cc5c4c3)sc3ccccc36)cc21. The molecule has 0 amide bonds. The van der Waals surface area contributed by atoms with Crippen molar-refractivity contribution in [3.05, 3.63) is 248 Å². The molecule has 13 aromatic rings. The van der Waals surface area contributed by atoms with Crippen LogP contribution in [0.3, 0.4) is 0 Å². The molecule has 2 heterocycles. The Morgan fingerprint density at radius 1 is 0.292 bits per heavy atom. The Balaban J connectivity index is 1.08. The zero-order chi connectivity index (χ0) is 47.7. The van der Waals surface area contributed by atoms with Gasteiger partial charge in [0.15, 0.2) is 0 Å². The third-order valence-corrected chi connectivity index (χ3v) is 16.8. The average Bonchev–Trinajstić information content (AvgIpc) is 3.85. The van der Waals surface area contributed by atoms with Crippen LogP contribution >= 0.6 is 11.3 Å². The third kappa shape index (κ3) is 6.08. The monoisotopic (exact) mass is 935 g/mol. The van der Waals surface area contributed by atoms with E-state index in [4.69, 9.17) is 4.74 Å². The van der Waals surface area contributed by atoms with E-state index in [1.54, 1.807) is 0 Å². The van der Waals surface area contributed by atoms with E-state index < -0.39 is 0 Å². The van der Waals surface area contributed by atoms with Crippen LogP contribution in [-0.4, -0.2) is 0 Å². The van der Waals surface area contributed by atoms with Crippen molar-refractivity contribution in [2.75, 3.05) is 4.90 Å². The summed E-state index contributed by atoms with van der Waals surface area (Å²) in [6.07, 6.45) is 0. The van der Waals surface area contributed by atoms with Gasteiger partial charge in [0, 0.05) is 53.8 Å². The van der Waals surface area contributed by atoms with Crippen LogP contribution in [0.4, 0.5) is 17.1 Å². The molecule has 0 fully saturated rings. The van der Waals surface area contributed by atoms with Crippen molar-refractivity contribution in [2.45, 2.75) is 19.3 Å². The molecule has 1 aromatic heterocycles. The number of ether oxygens (including phenoxy) is 1. The van der Waals surface area contributed by atoms with Gasteiger partial charge >= 0.3 is 0 Å². The summed E-state index contributed by atoms with van der Waals surface area (Å²) in [7, 11) is 0. The van der Waals surface area contributed by atoms with Gasteiger partial charge in [-0.25, -0.2) is 0 Å². The minimum Gasteiger partial charge on any atom is -0.456 e. The minimum absolute atomic E-state index is 0.190. The summed E-state index contributed by atoms with van der Waals surface area (Å²) in [6, 6.07) is 87.9. The number of hydrogen-bond acceptors (Lipinski definition) is 3. The average molecular weight is 936 g/mol. The fourth-order valence-electron chi connectivity index (χ4n) is 12.3. The molecule has 3 heteroatoms. The van der Waals surface area contributed by atoms with E-state index >= 15 is 0 Å². The van der Waals surface area contributed by atoms with E-state index in [2.05, 4.69) is 255 Å². The molecule has 0 spiro atoms. The number of hydrogen-bond donors (Lipinski definition) is 0. The molecule has 0 bridgehead atoms. The predicted octanol–water partition coefficient (Wildman–Crippen LogP) is 20.2. The first-order chi connectivity index (χ1) is 35.5. The molecule has 0 radical (unpaired) electrons. The van der Waals surface area contributed by atoms with Gasteiger partial charge in [-0.2, -0.15) is 0 Å². The van der Waals surface area contributed by atoms with Crippen molar-refractivity contribution in [3.63, 3.8) is 0 Å². The number of benzene rings is 11. The van der Waals surface area contributed by atoms with Crippen molar-refractivity contribution < 1.29 is 4.74 Å². The molecule has 0 atom stereocenters. The van der Waals surface area contributed by atoms with Gasteiger partial charge in [0.05, 0.1) is 0 Å². The zero-order valence-corrected chi connectivity index (χ0v) is 40.6. The Bertz CT molecular complexity index is 4540. The number of fused-ring (bicyclic) bond motifs is 21. The minimum atomic E-state index is -0.190. The maximum Gasteiger partial charge on any atom is 0.135 e. The van der Waals surface area contributed by atoms with Crippen LogP contribution in [0, 0.1) is 0 Å². The van der Waals surface area contributed by atoms with E-state index in [1.807, 2.05) is 11.3 Å². The second-order valence-corrected chi connectivity index (χ2v) is 21.0. The van der Waals surface area contributed by atoms with E-state index in [0.717, 1.165) is 50.8 Å². The molecular weight excluding hydrogens is 891 g/mol. The highest BCUT2D eigenvalue weighted by Gasteiger charge is 2.36. The smallest absolute Gasteiger partial charge is 0.135 e.